The van der Waals surface area contributed by atoms with Crippen molar-refractivity contribution in [2.45, 2.75) is 46.6 Å². The van der Waals surface area contributed by atoms with Gasteiger partial charge in [-0.2, -0.15) is 0 Å². The highest BCUT2D eigenvalue weighted by Crippen LogP contribution is 2.42. The molecule has 0 saturated heterocycles. The highest BCUT2D eigenvalue weighted by molar-refractivity contribution is 5.73. The number of amides is 1. The van der Waals surface area contributed by atoms with E-state index >= 15 is 0 Å². The molecule has 1 aliphatic rings. The lowest BCUT2D eigenvalue weighted by Gasteiger charge is -2.33. The van der Waals surface area contributed by atoms with E-state index in [0.29, 0.717) is 26.1 Å². The first-order chi connectivity index (χ1) is 16.7. The van der Waals surface area contributed by atoms with Gasteiger partial charge in [0.2, 0.25) is 0 Å². The molecule has 1 atom stereocenters. The van der Waals surface area contributed by atoms with Crippen molar-refractivity contribution in [1.29, 1.82) is 0 Å². The summed E-state index contributed by atoms with van der Waals surface area (Å²) in [6.07, 6.45) is 1.61. The molecule has 0 fully saturated rings. The molecule has 0 saturated carbocycles. The lowest BCUT2D eigenvalue weighted by atomic mass is 9.74. The van der Waals surface area contributed by atoms with E-state index in [4.69, 9.17) is 9.47 Å². The third-order valence-corrected chi connectivity index (χ3v) is 6.74. The predicted molar refractivity (Wildman–Crippen MR) is 137 cm³/mol. The van der Waals surface area contributed by atoms with Gasteiger partial charge in [0.1, 0.15) is 18.1 Å². The number of benzene rings is 2. The third-order valence-electron chi connectivity index (χ3n) is 6.74. The van der Waals surface area contributed by atoms with Crippen LogP contribution >= 0.6 is 0 Å². The molecule has 6 nitrogen and oxygen atoms in total. The van der Waals surface area contributed by atoms with Gasteiger partial charge in [-0.15, -0.1) is 0 Å². The van der Waals surface area contributed by atoms with E-state index in [-0.39, 0.29) is 11.3 Å². The van der Waals surface area contributed by atoms with Crippen LogP contribution in [0.25, 0.3) is 11.1 Å². The summed E-state index contributed by atoms with van der Waals surface area (Å²) in [5.41, 5.74) is 6.35. The van der Waals surface area contributed by atoms with Crippen molar-refractivity contribution in [3.63, 3.8) is 0 Å². The van der Waals surface area contributed by atoms with Gasteiger partial charge in [0.05, 0.1) is 12.8 Å². The second kappa shape index (κ2) is 9.98. The second-order valence-corrected chi connectivity index (χ2v) is 10.3. The molecule has 184 valence electrons. The molecule has 3 aromatic rings. The van der Waals surface area contributed by atoms with Gasteiger partial charge in [0.25, 0.3) is 0 Å². The summed E-state index contributed by atoms with van der Waals surface area (Å²) < 4.78 is 11.7. The van der Waals surface area contributed by atoms with Crippen LogP contribution in [-0.2, 0) is 13.0 Å². The molecule has 35 heavy (non-hydrogen) atoms. The van der Waals surface area contributed by atoms with Crippen LogP contribution < -0.4 is 9.47 Å². The Balaban J connectivity index is 1.71. The van der Waals surface area contributed by atoms with Gasteiger partial charge >= 0.3 is 6.09 Å². The number of methoxy groups -OCH3 is 1. The monoisotopic (exact) mass is 474 g/mol. The molecule has 0 radical (unpaired) electrons. The van der Waals surface area contributed by atoms with Gasteiger partial charge in [-0.25, -0.2) is 4.79 Å². The first-order valence-corrected chi connectivity index (χ1v) is 12.0. The Labute approximate surface area is 207 Å². The number of nitrogens with zero attached hydrogens (tertiary/aromatic N) is 2. The van der Waals surface area contributed by atoms with E-state index in [9.17, 15) is 9.90 Å². The van der Waals surface area contributed by atoms with Gasteiger partial charge in [-0.3, -0.25) is 4.98 Å². The van der Waals surface area contributed by atoms with Crippen molar-refractivity contribution < 1.29 is 19.4 Å². The summed E-state index contributed by atoms with van der Waals surface area (Å²) in [5.74, 6) is 1.56. The molecule has 0 bridgehead atoms. The average molecular weight is 475 g/mol. The largest absolute Gasteiger partial charge is 0.497 e. The summed E-state index contributed by atoms with van der Waals surface area (Å²) in [5, 5.41) is 9.71. The zero-order valence-electron chi connectivity index (χ0n) is 21.2. The third kappa shape index (κ3) is 5.59. The Morgan fingerprint density at radius 3 is 2.63 bits per heavy atom. The summed E-state index contributed by atoms with van der Waals surface area (Å²) in [6, 6.07) is 16.3. The van der Waals surface area contributed by atoms with E-state index < -0.39 is 6.09 Å². The van der Waals surface area contributed by atoms with E-state index in [1.807, 2.05) is 37.3 Å². The van der Waals surface area contributed by atoms with Crippen LogP contribution in [0.4, 0.5) is 4.79 Å². The normalized spacial score (nSPS) is 15.8. The summed E-state index contributed by atoms with van der Waals surface area (Å²) in [7, 11) is 1.64. The molecule has 6 heteroatoms. The zero-order valence-corrected chi connectivity index (χ0v) is 21.2. The first kappa shape index (κ1) is 24.6. The standard InChI is InChI=1S/C29H34N2O4/c1-19-10-12-30-22(14-19)18-35-27-16-23(34-5)7-9-25(27)20-6-8-24-21(15-20)11-13-31(28(32)33)17-26(24)29(2,3)4/h6-10,12,14-16,26H,11,13,17-18H2,1-5H3,(H,32,33). The van der Waals surface area contributed by atoms with Crippen LogP contribution in [0.15, 0.2) is 54.7 Å². The average Bonchev–Trinajstić information content (AvgIpc) is 3.02. The number of aromatic nitrogens is 1. The fourth-order valence-electron chi connectivity index (χ4n) is 4.73. The number of hydrogen-bond acceptors (Lipinski definition) is 4. The van der Waals surface area contributed by atoms with Crippen LogP contribution in [0.1, 0.15) is 49.1 Å². The van der Waals surface area contributed by atoms with Crippen LogP contribution in [0.2, 0.25) is 0 Å². The number of carboxylic acid groups (broad SMARTS) is 1. The second-order valence-electron chi connectivity index (χ2n) is 10.3. The summed E-state index contributed by atoms with van der Waals surface area (Å²) in [4.78, 5) is 17.8. The van der Waals surface area contributed by atoms with Crippen molar-refractivity contribution in [2.75, 3.05) is 20.2 Å². The predicted octanol–water partition coefficient (Wildman–Crippen LogP) is 6.31. The number of pyridine rings is 1. The molecule has 2 aromatic carbocycles. The quantitative estimate of drug-likeness (QED) is 0.469. The maximum absolute atomic E-state index is 11.8. The maximum atomic E-state index is 11.8. The van der Waals surface area contributed by atoms with Crippen LogP contribution in [-0.4, -0.2) is 41.3 Å². The Morgan fingerprint density at radius 2 is 1.94 bits per heavy atom. The number of fused-ring (bicyclic) bond motifs is 1. The molecule has 1 aromatic heterocycles. The first-order valence-electron chi connectivity index (χ1n) is 12.0. The van der Waals surface area contributed by atoms with Gasteiger partial charge in [0.15, 0.2) is 0 Å². The van der Waals surface area contributed by atoms with Gasteiger partial charge in [-0.1, -0.05) is 39.0 Å². The summed E-state index contributed by atoms with van der Waals surface area (Å²) in [6.45, 7) is 9.91. The maximum Gasteiger partial charge on any atom is 0.407 e. The molecule has 2 heterocycles. The van der Waals surface area contributed by atoms with E-state index in [0.717, 1.165) is 33.9 Å². The van der Waals surface area contributed by atoms with E-state index in [2.05, 4.69) is 44.0 Å². The number of rotatable bonds is 5. The highest BCUT2D eigenvalue weighted by Gasteiger charge is 2.33. The Bertz CT molecular complexity index is 1220. The van der Waals surface area contributed by atoms with Crippen LogP contribution in [0, 0.1) is 12.3 Å². The van der Waals surface area contributed by atoms with Crippen LogP contribution in [0.3, 0.4) is 0 Å². The van der Waals surface area contributed by atoms with Gasteiger partial charge < -0.3 is 19.5 Å². The summed E-state index contributed by atoms with van der Waals surface area (Å²) >= 11 is 0. The van der Waals surface area contributed by atoms with Crippen molar-refractivity contribution in [1.82, 2.24) is 9.88 Å². The molecular formula is C29H34N2O4. The molecule has 4 rings (SSSR count). The van der Waals surface area contributed by atoms with Crippen molar-refractivity contribution >= 4 is 6.09 Å². The number of carbonyl (C=O) groups is 1. The van der Waals surface area contributed by atoms with Crippen molar-refractivity contribution in [3.05, 3.63) is 77.1 Å². The minimum atomic E-state index is -0.858. The lowest BCUT2D eigenvalue weighted by Crippen LogP contribution is -2.36. The number of hydrogen-bond donors (Lipinski definition) is 1. The smallest absolute Gasteiger partial charge is 0.407 e. The minimum Gasteiger partial charge on any atom is -0.497 e. The Kier molecular flexibility index (Phi) is 7.01. The van der Waals surface area contributed by atoms with Crippen molar-refractivity contribution in [2.24, 2.45) is 5.41 Å². The topological polar surface area (TPSA) is 71.9 Å². The Hall–Kier alpha value is -3.54. The lowest BCUT2D eigenvalue weighted by molar-refractivity contribution is 0.135. The molecule has 1 aliphatic heterocycles. The molecular weight excluding hydrogens is 440 g/mol. The molecule has 1 N–H and O–H groups in total. The molecule has 1 unspecified atom stereocenters. The minimum absolute atomic E-state index is 0.0660. The SMILES string of the molecule is COc1ccc(-c2ccc3c(c2)CCN(C(=O)O)CC3C(C)(C)C)c(OCc2cc(C)ccn2)c1. The van der Waals surface area contributed by atoms with E-state index in [1.54, 1.807) is 18.2 Å². The Morgan fingerprint density at radius 1 is 1.14 bits per heavy atom. The molecule has 0 spiro atoms. The van der Waals surface area contributed by atoms with Gasteiger partial charge in [-0.05, 0) is 65.3 Å². The van der Waals surface area contributed by atoms with Crippen molar-refractivity contribution in [3.8, 4) is 22.6 Å². The highest BCUT2D eigenvalue weighted by atomic mass is 16.5. The fourth-order valence-corrected chi connectivity index (χ4v) is 4.73. The molecule has 1 amide bonds. The fraction of sp³-hybridized carbons (Fsp3) is 0.379. The van der Waals surface area contributed by atoms with E-state index in [1.165, 1.54) is 11.1 Å². The van der Waals surface area contributed by atoms with Gasteiger partial charge in [0, 0.05) is 36.8 Å². The van der Waals surface area contributed by atoms with Crippen LogP contribution in [0.5, 0.6) is 11.5 Å². The number of ether oxygens (including phenoxy) is 2. The number of aryl methyl sites for hydroxylation is 1. The zero-order chi connectivity index (χ0) is 25.2. The molecule has 0 aliphatic carbocycles.